The van der Waals surface area contributed by atoms with E-state index in [0.29, 0.717) is 35.4 Å². The van der Waals surface area contributed by atoms with Crippen LogP contribution in [0.4, 0.5) is 11.4 Å². The molecular weight excluding hydrogens is 312 g/mol. The fraction of sp³-hybridized carbons (Fsp3) is 0.500. The number of aliphatic hydroxyl groups excluding tert-OH is 1. The molecule has 1 aliphatic heterocycles. The highest BCUT2D eigenvalue weighted by Crippen LogP contribution is 2.29. The molecule has 116 valence electrons. The minimum atomic E-state index is -0.0939. The first-order valence-corrected chi connectivity index (χ1v) is 8.34. The molecule has 1 amide bonds. The van der Waals surface area contributed by atoms with Gasteiger partial charge in [0.15, 0.2) is 0 Å². The monoisotopic (exact) mass is 330 g/mol. The van der Waals surface area contributed by atoms with Gasteiger partial charge < -0.3 is 20.1 Å². The van der Waals surface area contributed by atoms with Crippen LogP contribution in [0.3, 0.4) is 0 Å². The third kappa shape index (κ3) is 5.07. The lowest BCUT2D eigenvalue weighted by molar-refractivity contribution is -0.113. The number of halogens is 1. The Morgan fingerprint density at radius 2 is 2.19 bits per heavy atom. The third-order valence-corrected chi connectivity index (χ3v) is 4.29. The summed E-state index contributed by atoms with van der Waals surface area (Å²) in [4.78, 5) is 13.9. The van der Waals surface area contributed by atoms with Gasteiger partial charge in [-0.05, 0) is 18.2 Å². The Balaban J connectivity index is 1.93. The van der Waals surface area contributed by atoms with Crippen molar-refractivity contribution < 1.29 is 14.6 Å². The number of rotatable bonds is 6. The Bertz CT molecular complexity index is 481. The number of hydrogen-bond donors (Lipinski definition) is 2. The normalized spacial score (nSPS) is 15.0. The highest BCUT2D eigenvalue weighted by atomic mass is 35.5. The predicted octanol–water partition coefficient (Wildman–Crippen LogP) is 1.84. The van der Waals surface area contributed by atoms with Crippen LogP contribution in [0.5, 0.6) is 0 Å². The molecule has 1 aromatic carbocycles. The van der Waals surface area contributed by atoms with Crippen LogP contribution in [0.25, 0.3) is 0 Å². The Labute approximate surface area is 133 Å². The van der Waals surface area contributed by atoms with E-state index in [1.54, 1.807) is 6.07 Å². The third-order valence-electron chi connectivity index (χ3n) is 3.05. The molecule has 1 fully saturated rings. The van der Waals surface area contributed by atoms with Crippen LogP contribution in [0.2, 0.25) is 5.02 Å². The van der Waals surface area contributed by atoms with Crippen LogP contribution < -0.4 is 10.2 Å². The largest absolute Gasteiger partial charge is 0.396 e. The molecule has 0 unspecified atom stereocenters. The van der Waals surface area contributed by atoms with Gasteiger partial charge in [0, 0.05) is 24.5 Å². The lowest BCUT2D eigenvalue weighted by Gasteiger charge is -2.29. The number of carbonyl (C=O) groups is 1. The van der Waals surface area contributed by atoms with E-state index in [0.717, 1.165) is 18.8 Å². The van der Waals surface area contributed by atoms with Crippen molar-refractivity contribution in [2.24, 2.45) is 0 Å². The van der Waals surface area contributed by atoms with Crippen molar-refractivity contribution in [1.82, 2.24) is 0 Å². The van der Waals surface area contributed by atoms with Gasteiger partial charge in [-0.2, -0.15) is 0 Å². The molecule has 2 N–H and O–H groups in total. The van der Waals surface area contributed by atoms with Crippen molar-refractivity contribution in [3.63, 3.8) is 0 Å². The maximum Gasteiger partial charge on any atom is 0.234 e. The summed E-state index contributed by atoms with van der Waals surface area (Å²) in [6, 6.07) is 5.54. The quantitative estimate of drug-likeness (QED) is 0.779. The summed E-state index contributed by atoms with van der Waals surface area (Å²) in [6.07, 6.45) is 0. The van der Waals surface area contributed by atoms with Crippen molar-refractivity contribution in [1.29, 1.82) is 0 Å². The molecule has 5 nitrogen and oxygen atoms in total. The van der Waals surface area contributed by atoms with Crippen molar-refractivity contribution >= 4 is 40.6 Å². The molecule has 21 heavy (non-hydrogen) atoms. The predicted molar refractivity (Wildman–Crippen MR) is 87.5 cm³/mol. The minimum absolute atomic E-state index is 0.0814. The number of carbonyl (C=O) groups excluding carboxylic acids is 1. The van der Waals surface area contributed by atoms with Crippen LogP contribution >= 0.6 is 23.4 Å². The first-order chi connectivity index (χ1) is 10.2. The van der Waals surface area contributed by atoms with E-state index in [9.17, 15) is 4.79 Å². The van der Waals surface area contributed by atoms with E-state index in [4.69, 9.17) is 21.4 Å². The number of aliphatic hydroxyl groups is 1. The average Bonchev–Trinajstić information content (AvgIpc) is 2.48. The van der Waals surface area contributed by atoms with Crippen LogP contribution in [-0.2, 0) is 9.53 Å². The van der Waals surface area contributed by atoms with Crippen LogP contribution in [0.15, 0.2) is 18.2 Å². The number of benzene rings is 1. The van der Waals surface area contributed by atoms with E-state index in [-0.39, 0.29) is 12.5 Å². The van der Waals surface area contributed by atoms with Crippen molar-refractivity contribution in [2.75, 3.05) is 54.6 Å². The molecule has 0 bridgehead atoms. The maximum atomic E-state index is 11.7. The number of ether oxygens (including phenoxy) is 1. The molecule has 1 aliphatic rings. The van der Waals surface area contributed by atoms with Gasteiger partial charge in [0.05, 0.1) is 36.3 Å². The number of thioether (sulfide) groups is 1. The number of nitrogens with zero attached hydrogens (tertiary/aromatic N) is 1. The maximum absolute atomic E-state index is 11.7. The molecule has 1 aromatic rings. The van der Waals surface area contributed by atoms with Gasteiger partial charge in [-0.25, -0.2) is 0 Å². The van der Waals surface area contributed by atoms with Gasteiger partial charge in [-0.1, -0.05) is 11.6 Å². The fourth-order valence-corrected chi connectivity index (χ4v) is 2.90. The first-order valence-electron chi connectivity index (χ1n) is 6.81. The molecule has 1 heterocycles. The molecule has 7 heteroatoms. The molecule has 0 aromatic heterocycles. The van der Waals surface area contributed by atoms with Gasteiger partial charge in [0.25, 0.3) is 0 Å². The highest BCUT2D eigenvalue weighted by Gasteiger charge is 2.14. The average molecular weight is 331 g/mol. The molecule has 1 saturated heterocycles. The lowest BCUT2D eigenvalue weighted by atomic mass is 10.2. The van der Waals surface area contributed by atoms with Gasteiger partial charge in [-0.3, -0.25) is 4.79 Å². The highest BCUT2D eigenvalue weighted by molar-refractivity contribution is 7.99. The molecule has 2 rings (SSSR count). The smallest absolute Gasteiger partial charge is 0.234 e. The Morgan fingerprint density at radius 3 is 2.86 bits per heavy atom. The van der Waals surface area contributed by atoms with Gasteiger partial charge in [0.2, 0.25) is 5.91 Å². The first kappa shape index (κ1) is 16.4. The summed E-state index contributed by atoms with van der Waals surface area (Å²) in [5.41, 5.74) is 1.65. The Kier molecular flexibility index (Phi) is 6.63. The number of amides is 1. The van der Waals surface area contributed by atoms with E-state index >= 15 is 0 Å². The van der Waals surface area contributed by atoms with Crippen LogP contribution in [-0.4, -0.2) is 55.4 Å². The summed E-state index contributed by atoms with van der Waals surface area (Å²) >= 11 is 7.69. The summed E-state index contributed by atoms with van der Waals surface area (Å²) in [7, 11) is 0. The summed E-state index contributed by atoms with van der Waals surface area (Å²) < 4.78 is 5.32. The zero-order chi connectivity index (χ0) is 15.1. The lowest BCUT2D eigenvalue weighted by Crippen LogP contribution is -2.36. The summed E-state index contributed by atoms with van der Waals surface area (Å²) in [5, 5.41) is 12.1. The number of anilines is 2. The van der Waals surface area contributed by atoms with Gasteiger partial charge in [-0.15, -0.1) is 11.8 Å². The zero-order valence-electron chi connectivity index (χ0n) is 11.7. The Morgan fingerprint density at radius 1 is 1.43 bits per heavy atom. The van der Waals surface area contributed by atoms with E-state index in [1.807, 2.05) is 12.1 Å². The zero-order valence-corrected chi connectivity index (χ0v) is 13.3. The second kappa shape index (κ2) is 8.48. The molecule has 0 aliphatic carbocycles. The fourth-order valence-electron chi connectivity index (χ4n) is 2.07. The van der Waals surface area contributed by atoms with E-state index in [2.05, 4.69) is 10.2 Å². The van der Waals surface area contributed by atoms with Crippen molar-refractivity contribution in [3.8, 4) is 0 Å². The molecule has 0 spiro atoms. The van der Waals surface area contributed by atoms with E-state index in [1.165, 1.54) is 11.8 Å². The van der Waals surface area contributed by atoms with Crippen molar-refractivity contribution in [2.45, 2.75) is 0 Å². The second-order valence-corrected chi connectivity index (χ2v) is 6.10. The molecule has 0 atom stereocenters. The second-order valence-electron chi connectivity index (χ2n) is 4.59. The Hall–Kier alpha value is -0.950. The standard InChI is InChI=1S/C14H19ClN2O3S/c15-12-9-11(16-14(19)10-21-8-5-18)1-2-13(12)17-3-6-20-7-4-17/h1-2,9,18H,3-8,10H2,(H,16,19). The summed E-state index contributed by atoms with van der Waals surface area (Å²) in [5.74, 6) is 0.789. The number of hydrogen-bond acceptors (Lipinski definition) is 5. The summed E-state index contributed by atoms with van der Waals surface area (Å²) in [6.45, 7) is 3.14. The van der Waals surface area contributed by atoms with Gasteiger partial charge >= 0.3 is 0 Å². The topological polar surface area (TPSA) is 61.8 Å². The van der Waals surface area contributed by atoms with E-state index < -0.39 is 0 Å². The SMILES string of the molecule is O=C(CSCCO)Nc1ccc(N2CCOCC2)c(Cl)c1. The molecule has 0 saturated carbocycles. The molecule has 0 radical (unpaired) electrons. The van der Waals surface area contributed by atoms with Gasteiger partial charge in [0.1, 0.15) is 0 Å². The van der Waals surface area contributed by atoms with Crippen LogP contribution in [0.1, 0.15) is 0 Å². The van der Waals surface area contributed by atoms with Crippen LogP contribution in [0, 0.1) is 0 Å². The number of nitrogens with one attached hydrogen (secondary N) is 1. The molecular formula is C14H19ClN2O3S. The minimum Gasteiger partial charge on any atom is -0.396 e. The number of morpholine rings is 1. The van der Waals surface area contributed by atoms with Crippen molar-refractivity contribution in [3.05, 3.63) is 23.2 Å².